The van der Waals surface area contributed by atoms with Gasteiger partial charge in [0.2, 0.25) is 5.91 Å². The van der Waals surface area contributed by atoms with Crippen LogP contribution in [-0.4, -0.2) is 37.8 Å². The highest BCUT2D eigenvalue weighted by Gasteiger charge is 2.28. The summed E-state index contributed by atoms with van der Waals surface area (Å²) in [5.41, 5.74) is 0. The summed E-state index contributed by atoms with van der Waals surface area (Å²) in [7, 11) is -3.63. The molecule has 0 bridgehead atoms. The quantitative estimate of drug-likeness (QED) is 0.835. The maximum Gasteiger partial charge on any atom is 0.254 e. The van der Waals surface area contributed by atoms with E-state index in [0.717, 1.165) is 11.3 Å². The lowest BCUT2D eigenvalue weighted by Gasteiger charge is -2.20. The van der Waals surface area contributed by atoms with Crippen molar-refractivity contribution >= 4 is 43.2 Å². The van der Waals surface area contributed by atoms with Gasteiger partial charge in [0.1, 0.15) is 4.21 Å². The molecular weight excluding hydrogens is 352 g/mol. The van der Waals surface area contributed by atoms with E-state index in [1.807, 2.05) is 13.8 Å². The lowest BCUT2D eigenvalue weighted by Crippen LogP contribution is -2.42. The van der Waals surface area contributed by atoms with Gasteiger partial charge in [0.15, 0.2) is 0 Å². The number of rotatable bonds is 6. The predicted molar refractivity (Wildman–Crippen MR) is 79.7 cm³/mol. The predicted octanol–water partition coefficient (Wildman–Crippen LogP) is 2.05. The van der Waals surface area contributed by atoms with E-state index in [1.165, 1.54) is 4.31 Å². The number of halogens is 1. The van der Waals surface area contributed by atoms with Gasteiger partial charge in [0.25, 0.3) is 10.0 Å². The van der Waals surface area contributed by atoms with Crippen LogP contribution >= 0.6 is 27.3 Å². The molecule has 5 nitrogen and oxygen atoms in total. The molecule has 0 aliphatic rings. The van der Waals surface area contributed by atoms with Gasteiger partial charge >= 0.3 is 0 Å². The molecule has 1 amide bonds. The molecule has 0 saturated carbocycles. The van der Waals surface area contributed by atoms with Crippen molar-refractivity contribution in [2.45, 2.75) is 31.0 Å². The van der Waals surface area contributed by atoms with E-state index in [0.29, 0.717) is 4.47 Å². The molecule has 8 heteroatoms. The highest BCUT2D eigenvalue weighted by molar-refractivity contribution is 9.10. The van der Waals surface area contributed by atoms with E-state index in [2.05, 4.69) is 21.2 Å². The van der Waals surface area contributed by atoms with Crippen molar-refractivity contribution in [2.24, 2.45) is 0 Å². The Bertz CT molecular complexity index is 540. The number of likely N-dealkylation sites (N-methyl/N-ethyl adjacent to an activating group) is 1. The first-order valence-corrected chi connectivity index (χ1v) is 8.92. The monoisotopic (exact) mass is 368 g/mol. The van der Waals surface area contributed by atoms with Crippen molar-refractivity contribution in [3.8, 4) is 0 Å². The number of thiophene rings is 1. The second-order valence-electron chi connectivity index (χ2n) is 4.21. The van der Waals surface area contributed by atoms with Crippen LogP contribution in [-0.2, 0) is 14.8 Å². The fraction of sp³-hybridized carbons (Fsp3) is 0.545. The minimum Gasteiger partial charge on any atom is -0.353 e. The van der Waals surface area contributed by atoms with Gasteiger partial charge in [-0.1, -0.05) is 6.92 Å². The van der Waals surface area contributed by atoms with Crippen molar-refractivity contribution in [1.82, 2.24) is 9.62 Å². The summed E-state index contributed by atoms with van der Waals surface area (Å²) in [5.74, 6) is -0.298. The molecule has 0 radical (unpaired) electrons. The fourth-order valence-corrected chi connectivity index (χ4v) is 5.33. The Morgan fingerprint density at radius 3 is 2.58 bits per heavy atom. The zero-order valence-electron chi connectivity index (χ0n) is 11.0. The van der Waals surface area contributed by atoms with E-state index >= 15 is 0 Å². The molecule has 1 N–H and O–H groups in total. The van der Waals surface area contributed by atoms with Gasteiger partial charge in [0.05, 0.1) is 6.54 Å². The van der Waals surface area contributed by atoms with E-state index in [9.17, 15) is 13.2 Å². The average molecular weight is 369 g/mol. The Balaban J connectivity index is 2.91. The second-order valence-corrected chi connectivity index (χ2v) is 8.11. The number of nitrogens with zero attached hydrogens (tertiary/aromatic N) is 1. The summed E-state index contributed by atoms with van der Waals surface area (Å²) in [6, 6.07) is 1.67. The topological polar surface area (TPSA) is 66.5 Å². The van der Waals surface area contributed by atoms with Crippen molar-refractivity contribution in [3.05, 3.63) is 15.9 Å². The average Bonchev–Trinajstić information content (AvgIpc) is 2.71. The highest BCUT2D eigenvalue weighted by Crippen LogP contribution is 2.30. The zero-order valence-corrected chi connectivity index (χ0v) is 14.2. The van der Waals surface area contributed by atoms with Gasteiger partial charge in [-0.25, -0.2) is 8.42 Å². The molecule has 1 aromatic rings. The number of amides is 1. The maximum atomic E-state index is 12.4. The van der Waals surface area contributed by atoms with Crippen LogP contribution in [0.4, 0.5) is 0 Å². The number of sulfonamides is 1. The molecule has 108 valence electrons. The molecule has 0 unspecified atom stereocenters. The number of hydrogen-bond donors (Lipinski definition) is 1. The van der Waals surface area contributed by atoms with Gasteiger partial charge in [-0.15, -0.1) is 11.3 Å². The SMILES string of the molecule is CCN(CC(=O)NC(C)C)S(=O)(=O)c1sccc1Br. The van der Waals surface area contributed by atoms with E-state index < -0.39 is 10.0 Å². The first kappa shape index (κ1) is 16.6. The third-order valence-electron chi connectivity index (χ3n) is 2.28. The standard InChI is InChI=1S/C11H17BrN2O3S2/c1-4-14(7-10(15)13-8(2)3)19(16,17)11-9(12)5-6-18-11/h5-6,8H,4,7H2,1-3H3,(H,13,15). The number of carbonyl (C=O) groups excluding carboxylic acids is 1. The van der Waals surface area contributed by atoms with Gasteiger partial charge in [0, 0.05) is 17.1 Å². The molecule has 19 heavy (non-hydrogen) atoms. The van der Waals surface area contributed by atoms with Crippen LogP contribution in [0.25, 0.3) is 0 Å². The molecule has 1 heterocycles. The summed E-state index contributed by atoms with van der Waals surface area (Å²) in [6.45, 7) is 5.46. The largest absolute Gasteiger partial charge is 0.353 e. The van der Waals surface area contributed by atoms with Crippen LogP contribution in [0.3, 0.4) is 0 Å². The van der Waals surface area contributed by atoms with Crippen LogP contribution in [0.2, 0.25) is 0 Å². The minimum absolute atomic E-state index is 0.0117. The zero-order chi connectivity index (χ0) is 14.6. The summed E-state index contributed by atoms with van der Waals surface area (Å²) in [5, 5.41) is 4.38. The first-order chi connectivity index (χ1) is 8.78. The number of hydrogen-bond acceptors (Lipinski definition) is 4. The molecule has 0 spiro atoms. The molecule has 0 atom stereocenters. The van der Waals surface area contributed by atoms with Crippen LogP contribution < -0.4 is 5.32 Å². The van der Waals surface area contributed by atoms with Gasteiger partial charge in [-0.05, 0) is 41.2 Å². The van der Waals surface area contributed by atoms with Crippen LogP contribution in [0.15, 0.2) is 20.1 Å². The summed E-state index contributed by atoms with van der Waals surface area (Å²) in [4.78, 5) is 11.7. The van der Waals surface area contributed by atoms with E-state index in [4.69, 9.17) is 0 Å². The Morgan fingerprint density at radius 2 is 2.16 bits per heavy atom. The van der Waals surface area contributed by atoms with Gasteiger partial charge in [-0.3, -0.25) is 4.79 Å². The molecule has 1 rings (SSSR count). The Morgan fingerprint density at radius 1 is 1.53 bits per heavy atom. The Kier molecular flexibility index (Phi) is 5.97. The second kappa shape index (κ2) is 6.83. The van der Waals surface area contributed by atoms with Crippen LogP contribution in [0.1, 0.15) is 20.8 Å². The smallest absolute Gasteiger partial charge is 0.254 e. The number of nitrogens with one attached hydrogen (secondary N) is 1. The summed E-state index contributed by atoms with van der Waals surface area (Å²) in [6.07, 6.45) is 0. The van der Waals surface area contributed by atoms with Crippen molar-refractivity contribution in [3.63, 3.8) is 0 Å². The van der Waals surface area contributed by atoms with Crippen LogP contribution in [0.5, 0.6) is 0 Å². The Labute approximate surface area is 126 Å². The summed E-state index contributed by atoms with van der Waals surface area (Å²) < 4.78 is 26.7. The minimum atomic E-state index is -3.63. The molecule has 1 aromatic heterocycles. The number of carbonyl (C=O) groups is 1. The first-order valence-electron chi connectivity index (χ1n) is 5.81. The van der Waals surface area contributed by atoms with E-state index in [1.54, 1.807) is 18.4 Å². The molecule has 0 aromatic carbocycles. The normalized spacial score (nSPS) is 12.1. The molecule has 0 aliphatic carbocycles. The third kappa shape index (κ3) is 4.27. The third-order valence-corrected chi connectivity index (χ3v) is 6.85. The Hall–Kier alpha value is -0.440. The fourth-order valence-electron chi connectivity index (χ4n) is 1.48. The van der Waals surface area contributed by atoms with Gasteiger partial charge < -0.3 is 5.32 Å². The maximum absolute atomic E-state index is 12.4. The lowest BCUT2D eigenvalue weighted by molar-refractivity contribution is -0.121. The highest BCUT2D eigenvalue weighted by atomic mass is 79.9. The molecule has 0 aliphatic heterocycles. The summed E-state index contributed by atoms with van der Waals surface area (Å²) >= 11 is 4.34. The van der Waals surface area contributed by atoms with Gasteiger partial charge in [-0.2, -0.15) is 4.31 Å². The molecule has 0 fully saturated rings. The molecule has 0 saturated heterocycles. The van der Waals surface area contributed by atoms with Crippen LogP contribution in [0, 0.1) is 0 Å². The van der Waals surface area contributed by atoms with Crippen molar-refractivity contribution < 1.29 is 13.2 Å². The molecular formula is C11H17BrN2O3S2. The van der Waals surface area contributed by atoms with Crippen molar-refractivity contribution in [2.75, 3.05) is 13.1 Å². The lowest BCUT2D eigenvalue weighted by atomic mass is 10.4. The van der Waals surface area contributed by atoms with E-state index in [-0.39, 0.29) is 29.2 Å². The van der Waals surface area contributed by atoms with Crippen molar-refractivity contribution in [1.29, 1.82) is 0 Å².